The van der Waals surface area contributed by atoms with E-state index in [1.807, 2.05) is 97.1 Å². The molecule has 6 amide bonds. The molecule has 0 aliphatic carbocycles. The second kappa shape index (κ2) is 28.8. The summed E-state index contributed by atoms with van der Waals surface area (Å²) >= 11 is 0. The first-order valence-corrected chi connectivity index (χ1v) is 26.2. The van der Waals surface area contributed by atoms with Crippen LogP contribution in [0.2, 0.25) is 0 Å². The SMILES string of the molecule is CC(C)(C)OC(=O)N[C@@H](Cc1ccc(OCc2ccccc2)cc1)C(=O)N[C@@H](CCCN(C(=O)OCc1ccccc1)/C(N)=N/C(=O)OCc1ccccc1)C(=O)N[C@@H](CC1CNc2ccccc21)C(=O)NCc1ccccc1. The van der Waals surface area contributed by atoms with Crippen LogP contribution in [0.15, 0.2) is 175 Å². The summed E-state index contributed by atoms with van der Waals surface area (Å²) in [6.45, 7) is 5.57. The van der Waals surface area contributed by atoms with Gasteiger partial charge >= 0.3 is 18.3 Å². The van der Waals surface area contributed by atoms with Crippen molar-refractivity contribution in [1.29, 1.82) is 0 Å². The number of hydrogen-bond acceptors (Lipinski definition) is 11. The molecule has 0 radical (unpaired) electrons. The quantitative estimate of drug-likeness (QED) is 0.0201. The Bertz CT molecular complexity index is 2980. The molecule has 0 spiro atoms. The summed E-state index contributed by atoms with van der Waals surface area (Å²) in [6, 6.07) is 47.9. The third kappa shape index (κ3) is 18.8. The number of hydrogen-bond donors (Lipinski definition) is 6. The highest BCUT2D eigenvalue weighted by atomic mass is 16.6. The van der Waals surface area contributed by atoms with Crippen molar-refractivity contribution in [2.45, 2.75) is 102 Å². The van der Waals surface area contributed by atoms with Crippen molar-refractivity contribution in [2.75, 3.05) is 18.4 Å². The van der Waals surface area contributed by atoms with Gasteiger partial charge in [0.1, 0.15) is 49.3 Å². The number of nitrogens with two attached hydrogens (primary N) is 1. The van der Waals surface area contributed by atoms with E-state index in [9.17, 15) is 28.8 Å². The second-order valence-corrected chi connectivity index (χ2v) is 19.9. The molecule has 18 heteroatoms. The fourth-order valence-electron chi connectivity index (χ4n) is 8.62. The predicted octanol–water partition coefficient (Wildman–Crippen LogP) is 8.66. The third-order valence-electron chi connectivity index (χ3n) is 12.6. The molecule has 0 saturated heterocycles. The maximum Gasteiger partial charge on any atom is 0.437 e. The zero-order valence-corrected chi connectivity index (χ0v) is 44.6. The van der Waals surface area contributed by atoms with Gasteiger partial charge in [0.25, 0.3) is 0 Å². The van der Waals surface area contributed by atoms with Gasteiger partial charge in [-0.05, 0) is 91.6 Å². The minimum absolute atomic E-state index is 0.0363. The van der Waals surface area contributed by atoms with Crippen LogP contribution in [0.4, 0.5) is 20.1 Å². The second-order valence-electron chi connectivity index (χ2n) is 19.9. The minimum Gasteiger partial charge on any atom is -0.489 e. The van der Waals surface area contributed by atoms with Crippen molar-refractivity contribution in [3.63, 3.8) is 0 Å². The number of carbonyl (C=O) groups excluding carboxylic acids is 6. The van der Waals surface area contributed by atoms with E-state index in [2.05, 4.69) is 31.6 Å². The normalized spacial score (nSPS) is 13.9. The monoisotopic (exact) mass is 1070 g/mol. The Hall–Kier alpha value is -9.19. The van der Waals surface area contributed by atoms with Crippen LogP contribution in [0.1, 0.15) is 79.3 Å². The van der Waals surface area contributed by atoms with Gasteiger partial charge in [-0.3, -0.25) is 14.4 Å². The lowest BCUT2D eigenvalue weighted by atomic mass is 9.93. The lowest BCUT2D eigenvalue weighted by molar-refractivity contribution is -0.133. The number of fused-ring (bicyclic) bond motifs is 1. The summed E-state index contributed by atoms with van der Waals surface area (Å²) < 4.78 is 22.5. The van der Waals surface area contributed by atoms with Crippen molar-refractivity contribution >= 4 is 47.6 Å². The highest BCUT2D eigenvalue weighted by Gasteiger charge is 2.34. The average molecular weight is 1070 g/mol. The number of nitrogens with zero attached hydrogens (tertiary/aromatic N) is 2. The van der Waals surface area contributed by atoms with Crippen LogP contribution in [0.25, 0.3) is 0 Å². The van der Waals surface area contributed by atoms with Crippen molar-refractivity contribution in [3.8, 4) is 5.75 Å². The summed E-state index contributed by atoms with van der Waals surface area (Å²) in [5, 5.41) is 14.9. The van der Waals surface area contributed by atoms with Crippen LogP contribution in [0, 0.1) is 0 Å². The van der Waals surface area contributed by atoms with Gasteiger partial charge in [-0.15, -0.1) is 4.99 Å². The largest absolute Gasteiger partial charge is 0.489 e. The molecule has 6 aromatic rings. The van der Waals surface area contributed by atoms with Gasteiger partial charge in [-0.2, -0.15) is 0 Å². The number of ether oxygens (including phenoxy) is 4. The number of para-hydroxylation sites is 1. The Morgan fingerprint density at radius 2 is 1.16 bits per heavy atom. The number of guanidine groups is 1. The van der Waals surface area contributed by atoms with E-state index in [-0.39, 0.29) is 57.9 Å². The molecule has 1 unspecified atom stereocenters. The first-order chi connectivity index (χ1) is 38.2. The third-order valence-corrected chi connectivity index (χ3v) is 12.6. The Morgan fingerprint density at radius 3 is 1.78 bits per heavy atom. The summed E-state index contributed by atoms with van der Waals surface area (Å²) in [5.74, 6) is -2.07. The van der Waals surface area contributed by atoms with Gasteiger partial charge in [0.15, 0.2) is 0 Å². The van der Waals surface area contributed by atoms with Crippen molar-refractivity contribution in [2.24, 2.45) is 10.7 Å². The molecule has 412 valence electrons. The molecule has 1 aliphatic heterocycles. The molecule has 7 N–H and O–H groups in total. The Balaban J connectivity index is 1.15. The molecule has 0 fully saturated rings. The van der Waals surface area contributed by atoms with E-state index < -0.39 is 65.7 Å². The molecule has 18 nitrogen and oxygen atoms in total. The van der Waals surface area contributed by atoms with E-state index >= 15 is 0 Å². The van der Waals surface area contributed by atoms with E-state index in [1.54, 1.807) is 93.6 Å². The van der Waals surface area contributed by atoms with Crippen molar-refractivity contribution < 1.29 is 47.7 Å². The lowest BCUT2D eigenvalue weighted by Crippen LogP contribution is -2.57. The first-order valence-electron chi connectivity index (χ1n) is 26.2. The Morgan fingerprint density at radius 1 is 0.620 bits per heavy atom. The maximum absolute atomic E-state index is 15.0. The standard InChI is InChI=1S/C61H68N8O10/c1-61(2,3)79-59(74)67-52(35-42-30-32-48(33-31-42)76-39-44-21-10-5-11-22-44)56(72)65-51(55(71)66-53(54(70)64-37-43-19-8-4-9-20-43)36-47-38-63-50-28-17-16-27-49(47)50)29-18-34-69(60(75)78-41-46-25-14-7-15-26-46)57(62)68-58(73)77-40-45-23-12-6-13-24-45/h4-17,19-28,30-33,47,51-53,63H,18,29,34-41H2,1-3H3,(H,64,70)(H,65,72)(H,66,71)(H,67,74)(H2,62,68,73)/t47?,51-,52-,53-/m0/s1. The Kier molecular flexibility index (Phi) is 21.0. The zero-order valence-electron chi connectivity index (χ0n) is 44.6. The predicted molar refractivity (Wildman–Crippen MR) is 299 cm³/mol. The Labute approximate surface area is 460 Å². The van der Waals surface area contributed by atoms with Crippen molar-refractivity contribution in [1.82, 2.24) is 26.2 Å². The van der Waals surface area contributed by atoms with Gasteiger partial charge < -0.3 is 51.3 Å². The highest BCUT2D eigenvalue weighted by Crippen LogP contribution is 2.34. The van der Waals surface area contributed by atoms with E-state index in [0.717, 1.165) is 27.3 Å². The molecule has 79 heavy (non-hydrogen) atoms. The highest BCUT2D eigenvalue weighted by molar-refractivity contribution is 5.98. The number of benzene rings is 6. The van der Waals surface area contributed by atoms with Crippen LogP contribution >= 0.6 is 0 Å². The molecule has 1 aliphatic rings. The van der Waals surface area contributed by atoms with Crippen LogP contribution < -0.4 is 37.1 Å². The number of carbonyl (C=O) groups is 6. The number of rotatable bonds is 23. The molecule has 6 aromatic carbocycles. The zero-order chi connectivity index (χ0) is 56.0. The lowest BCUT2D eigenvalue weighted by Gasteiger charge is -2.28. The van der Waals surface area contributed by atoms with E-state index in [1.165, 1.54) is 0 Å². The van der Waals surface area contributed by atoms with Gasteiger partial charge in [0.2, 0.25) is 23.7 Å². The molecule has 1 heterocycles. The minimum atomic E-state index is -1.39. The van der Waals surface area contributed by atoms with Gasteiger partial charge in [0, 0.05) is 37.7 Å². The summed E-state index contributed by atoms with van der Waals surface area (Å²) in [4.78, 5) is 89.1. The number of anilines is 1. The van der Waals surface area contributed by atoms with Crippen LogP contribution in [-0.4, -0.2) is 83.7 Å². The molecular formula is C61H68N8O10. The molecule has 0 aromatic heterocycles. The fourth-order valence-corrected chi connectivity index (χ4v) is 8.62. The molecule has 0 saturated carbocycles. The van der Waals surface area contributed by atoms with Gasteiger partial charge in [-0.1, -0.05) is 152 Å². The van der Waals surface area contributed by atoms with Gasteiger partial charge in [0.05, 0.1) is 0 Å². The summed E-state index contributed by atoms with van der Waals surface area (Å²) in [5.41, 5.74) is 11.2. The van der Waals surface area contributed by atoms with Crippen LogP contribution in [0.3, 0.4) is 0 Å². The van der Waals surface area contributed by atoms with E-state index in [0.29, 0.717) is 35.6 Å². The van der Waals surface area contributed by atoms with Crippen molar-refractivity contribution in [3.05, 3.63) is 203 Å². The summed E-state index contributed by atoms with van der Waals surface area (Å²) in [6.07, 6.45) is -2.95. The van der Waals surface area contributed by atoms with Crippen LogP contribution in [0.5, 0.6) is 5.75 Å². The van der Waals surface area contributed by atoms with Gasteiger partial charge in [-0.25, -0.2) is 19.3 Å². The molecule has 0 bridgehead atoms. The smallest absolute Gasteiger partial charge is 0.437 e. The molecular weight excluding hydrogens is 1000 g/mol. The molecule has 7 rings (SSSR count). The average Bonchev–Trinajstić information content (AvgIpc) is 3.90. The summed E-state index contributed by atoms with van der Waals surface area (Å²) in [7, 11) is 0. The van der Waals surface area contributed by atoms with E-state index in [4.69, 9.17) is 24.7 Å². The number of alkyl carbamates (subject to hydrolysis) is 1. The number of amides is 6. The maximum atomic E-state index is 15.0. The fraction of sp³-hybridized carbons (Fsp3) is 0.295. The topological polar surface area (TPSA) is 241 Å². The van der Waals surface area contributed by atoms with Crippen LogP contribution in [-0.2, 0) is 61.4 Å². The molecule has 4 atom stereocenters. The first kappa shape index (κ1) is 57.5. The number of aliphatic imine (C=N–C) groups is 1. The number of nitrogens with one attached hydrogen (secondary N) is 5.